The smallest absolute Gasteiger partial charge is 0.256 e. The van der Waals surface area contributed by atoms with E-state index in [2.05, 4.69) is 4.90 Å². The van der Waals surface area contributed by atoms with Crippen molar-refractivity contribution < 1.29 is 13.6 Å². The summed E-state index contributed by atoms with van der Waals surface area (Å²) in [6, 6.07) is 2.18. The van der Waals surface area contributed by atoms with Gasteiger partial charge in [0.15, 0.2) is 11.6 Å². The number of halogens is 2. The first-order valence-corrected chi connectivity index (χ1v) is 6.60. The molecule has 0 spiro atoms. The van der Waals surface area contributed by atoms with E-state index < -0.39 is 11.6 Å². The monoisotopic (exact) mass is 283 g/mol. The molecule has 1 fully saturated rings. The van der Waals surface area contributed by atoms with E-state index in [9.17, 15) is 13.6 Å². The summed E-state index contributed by atoms with van der Waals surface area (Å²) in [5.41, 5.74) is 5.62. The van der Waals surface area contributed by atoms with E-state index in [1.165, 1.54) is 0 Å². The van der Waals surface area contributed by atoms with Crippen LogP contribution < -0.4 is 5.73 Å². The third-order valence-electron chi connectivity index (χ3n) is 3.80. The number of piperidine rings is 1. The number of rotatable bonds is 2. The van der Waals surface area contributed by atoms with Gasteiger partial charge >= 0.3 is 0 Å². The SMILES string of the molecule is CN(C)C1CCN(C(=O)c2cc(F)c(F)cc2N)CC1. The second kappa shape index (κ2) is 5.75. The largest absolute Gasteiger partial charge is 0.398 e. The Labute approximate surface area is 117 Å². The molecule has 1 saturated heterocycles. The van der Waals surface area contributed by atoms with Crippen LogP contribution in [0.5, 0.6) is 0 Å². The van der Waals surface area contributed by atoms with Crippen molar-refractivity contribution in [2.24, 2.45) is 0 Å². The van der Waals surface area contributed by atoms with Crippen LogP contribution in [0.4, 0.5) is 14.5 Å². The highest BCUT2D eigenvalue weighted by Crippen LogP contribution is 2.22. The van der Waals surface area contributed by atoms with Gasteiger partial charge in [0.1, 0.15) is 0 Å². The highest BCUT2D eigenvalue weighted by atomic mass is 19.2. The van der Waals surface area contributed by atoms with Crippen molar-refractivity contribution in [1.29, 1.82) is 0 Å². The highest BCUT2D eigenvalue weighted by Gasteiger charge is 2.26. The number of nitrogens with zero attached hydrogens (tertiary/aromatic N) is 2. The van der Waals surface area contributed by atoms with Gasteiger partial charge in [-0.25, -0.2) is 8.78 Å². The number of nitrogens with two attached hydrogens (primary N) is 1. The van der Waals surface area contributed by atoms with E-state index in [4.69, 9.17) is 5.73 Å². The van der Waals surface area contributed by atoms with Crippen LogP contribution in [0.2, 0.25) is 0 Å². The fourth-order valence-corrected chi connectivity index (χ4v) is 2.50. The van der Waals surface area contributed by atoms with E-state index in [0.717, 1.165) is 25.0 Å². The molecule has 0 unspecified atom stereocenters. The summed E-state index contributed by atoms with van der Waals surface area (Å²) >= 11 is 0. The molecular formula is C14H19F2N3O. The lowest BCUT2D eigenvalue weighted by molar-refractivity contribution is 0.0664. The molecule has 1 aliphatic rings. The summed E-state index contributed by atoms with van der Waals surface area (Å²) in [5.74, 6) is -2.42. The average Bonchev–Trinajstić information content (AvgIpc) is 2.42. The Morgan fingerprint density at radius 1 is 1.25 bits per heavy atom. The van der Waals surface area contributed by atoms with Crippen molar-refractivity contribution in [3.05, 3.63) is 29.3 Å². The van der Waals surface area contributed by atoms with Gasteiger partial charge in [-0.1, -0.05) is 0 Å². The molecule has 0 saturated carbocycles. The first-order chi connectivity index (χ1) is 9.40. The fraction of sp³-hybridized carbons (Fsp3) is 0.500. The van der Waals surface area contributed by atoms with Crippen molar-refractivity contribution in [2.45, 2.75) is 18.9 Å². The minimum Gasteiger partial charge on any atom is -0.398 e. The third kappa shape index (κ3) is 2.90. The minimum atomic E-state index is -1.05. The van der Waals surface area contributed by atoms with E-state index in [-0.39, 0.29) is 17.2 Å². The Balaban J connectivity index is 2.11. The second-order valence-electron chi connectivity index (χ2n) is 5.34. The summed E-state index contributed by atoms with van der Waals surface area (Å²) in [5, 5.41) is 0. The Morgan fingerprint density at radius 2 is 1.80 bits per heavy atom. The van der Waals surface area contributed by atoms with Gasteiger partial charge in [0, 0.05) is 30.9 Å². The van der Waals surface area contributed by atoms with Crippen molar-refractivity contribution in [2.75, 3.05) is 32.9 Å². The Morgan fingerprint density at radius 3 is 2.35 bits per heavy atom. The molecule has 0 aromatic heterocycles. The lowest BCUT2D eigenvalue weighted by Gasteiger charge is -2.35. The second-order valence-corrected chi connectivity index (χ2v) is 5.34. The van der Waals surface area contributed by atoms with Crippen LogP contribution in [0.15, 0.2) is 12.1 Å². The first kappa shape index (κ1) is 14.7. The molecule has 0 atom stereocenters. The lowest BCUT2D eigenvalue weighted by Crippen LogP contribution is -2.44. The first-order valence-electron chi connectivity index (χ1n) is 6.60. The Hall–Kier alpha value is -1.69. The van der Waals surface area contributed by atoms with Gasteiger partial charge in [-0.2, -0.15) is 0 Å². The third-order valence-corrected chi connectivity index (χ3v) is 3.80. The number of benzene rings is 1. The van der Waals surface area contributed by atoms with Crippen LogP contribution in [0.3, 0.4) is 0 Å². The van der Waals surface area contributed by atoms with Crippen molar-refractivity contribution in [3.63, 3.8) is 0 Å². The Bertz CT molecular complexity index is 511. The molecule has 1 aliphatic heterocycles. The molecule has 110 valence electrons. The van der Waals surface area contributed by atoms with Gasteiger partial charge in [0.05, 0.1) is 5.56 Å². The predicted octanol–water partition coefficient (Wildman–Crippen LogP) is 1.71. The maximum atomic E-state index is 13.2. The molecule has 0 aliphatic carbocycles. The van der Waals surface area contributed by atoms with Gasteiger partial charge in [0.25, 0.3) is 5.91 Å². The molecule has 20 heavy (non-hydrogen) atoms. The lowest BCUT2D eigenvalue weighted by atomic mass is 10.0. The molecule has 0 bridgehead atoms. The van der Waals surface area contributed by atoms with Crippen molar-refractivity contribution in [1.82, 2.24) is 9.80 Å². The molecule has 1 aromatic carbocycles. The zero-order chi connectivity index (χ0) is 14.9. The van der Waals surface area contributed by atoms with Crippen LogP contribution in [0.25, 0.3) is 0 Å². The number of nitrogen functional groups attached to an aromatic ring is 1. The van der Waals surface area contributed by atoms with E-state index in [1.807, 2.05) is 14.1 Å². The van der Waals surface area contributed by atoms with E-state index in [1.54, 1.807) is 4.90 Å². The fourth-order valence-electron chi connectivity index (χ4n) is 2.50. The topological polar surface area (TPSA) is 49.6 Å². The van der Waals surface area contributed by atoms with Crippen LogP contribution >= 0.6 is 0 Å². The quantitative estimate of drug-likeness (QED) is 0.841. The molecule has 2 rings (SSSR count). The standard InChI is InChI=1S/C14H19F2N3O/c1-18(2)9-3-5-19(6-4-9)14(20)10-7-11(15)12(16)8-13(10)17/h7-9H,3-6,17H2,1-2H3. The van der Waals surface area contributed by atoms with Crippen LogP contribution in [0, 0.1) is 11.6 Å². The maximum Gasteiger partial charge on any atom is 0.256 e. The number of carbonyl (C=O) groups is 1. The van der Waals surface area contributed by atoms with Gasteiger partial charge in [-0.05, 0) is 33.0 Å². The van der Waals surface area contributed by atoms with Gasteiger partial charge in [-0.3, -0.25) is 4.79 Å². The summed E-state index contributed by atoms with van der Waals surface area (Å²) < 4.78 is 26.3. The predicted molar refractivity (Wildman–Crippen MR) is 73.4 cm³/mol. The number of likely N-dealkylation sites (tertiary alicyclic amines) is 1. The molecule has 1 amide bonds. The molecule has 6 heteroatoms. The number of hydrogen-bond donors (Lipinski definition) is 1. The van der Waals surface area contributed by atoms with Crippen molar-refractivity contribution in [3.8, 4) is 0 Å². The zero-order valence-corrected chi connectivity index (χ0v) is 11.7. The Kier molecular flexibility index (Phi) is 4.23. The molecule has 2 N–H and O–H groups in total. The number of carbonyl (C=O) groups excluding carboxylic acids is 1. The van der Waals surface area contributed by atoms with E-state index in [0.29, 0.717) is 19.1 Å². The van der Waals surface area contributed by atoms with Gasteiger partial charge < -0.3 is 15.5 Å². The highest BCUT2D eigenvalue weighted by molar-refractivity contribution is 5.99. The maximum absolute atomic E-state index is 13.2. The summed E-state index contributed by atoms with van der Waals surface area (Å²) in [7, 11) is 4.02. The number of anilines is 1. The molecule has 1 heterocycles. The number of hydrogen-bond acceptors (Lipinski definition) is 3. The van der Waals surface area contributed by atoms with Gasteiger partial charge in [-0.15, -0.1) is 0 Å². The summed E-state index contributed by atoms with van der Waals surface area (Å²) in [6.45, 7) is 1.19. The molecular weight excluding hydrogens is 264 g/mol. The molecule has 4 nitrogen and oxygen atoms in total. The average molecular weight is 283 g/mol. The van der Waals surface area contributed by atoms with E-state index >= 15 is 0 Å². The van der Waals surface area contributed by atoms with Crippen molar-refractivity contribution >= 4 is 11.6 Å². The minimum absolute atomic E-state index is 0.0244. The van der Waals surface area contributed by atoms with Crippen LogP contribution in [0.1, 0.15) is 23.2 Å². The van der Waals surface area contributed by atoms with Crippen LogP contribution in [-0.4, -0.2) is 48.9 Å². The van der Waals surface area contributed by atoms with Crippen LogP contribution in [-0.2, 0) is 0 Å². The summed E-state index contributed by atoms with van der Waals surface area (Å²) in [6.07, 6.45) is 1.73. The molecule has 1 aromatic rings. The summed E-state index contributed by atoms with van der Waals surface area (Å²) in [4.78, 5) is 16.1. The number of amides is 1. The van der Waals surface area contributed by atoms with Gasteiger partial charge in [0.2, 0.25) is 0 Å². The molecule has 0 radical (unpaired) electrons. The zero-order valence-electron chi connectivity index (χ0n) is 11.7. The normalized spacial score (nSPS) is 16.8.